The zero-order valence-electron chi connectivity index (χ0n) is 19.0. The van der Waals surface area contributed by atoms with Crippen LogP contribution in [-0.4, -0.2) is 70.1 Å². The fourth-order valence-corrected chi connectivity index (χ4v) is 6.70. The molecule has 0 N–H and O–H groups in total. The Morgan fingerprint density at radius 1 is 0.938 bits per heavy atom. The average Bonchev–Trinajstić information content (AvgIpc) is 3.08. The Bertz CT molecular complexity index is 1130. The maximum Gasteiger partial charge on any atom is 0.241 e. The molecule has 0 aliphatic carbocycles. The smallest absolute Gasteiger partial charge is 0.241 e. The van der Waals surface area contributed by atoms with Crippen LogP contribution >= 0.6 is 0 Å². The lowest BCUT2D eigenvalue weighted by Crippen LogP contribution is -2.62. The number of methoxy groups -OCH3 is 2. The normalized spacial score (nSPS) is 22.6. The summed E-state index contributed by atoms with van der Waals surface area (Å²) >= 11 is 0. The van der Waals surface area contributed by atoms with E-state index in [1.165, 1.54) is 0 Å². The molecule has 2 atom stereocenters. The molecule has 0 radical (unpaired) electrons. The van der Waals surface area contributed by atoms with Crippen LogP contribution in [0, 0.1) is 13.8 Å². The van der Waals surface area contributed by atoms with Gasteiger partial charge in [-0.3, -0.25) is 9.69 Å². The number of anilines is 1. The van der Waals surface area contributed by atoms with Crippen molar-refractivity contribution in [1.29, 1.82) is 0 Å². The van der Waals surface area contributed by atoms with Crippen LogP contribution in [0.2, 0.25) is 0 Å². The first kappa shape index (κ1) is 22.6. The summed E-state index contributed by atoms with van der Waals surface area (Å²) in [5, 5.41) is 0. The van der Waals surface area contributed by atoms with Crippen molar-refractivity contribution in [3.8, 4) is 11.5 Å². The highest BCUT2D eigenvalue weighted by atomic mass is 32.2. The van der Waals surface area contributed by atoms with E-state index in [-0.39, 0.29) is 36.0 Å². The number of fused-ring (bicyclic) bond motifs is 1. The monoisotopic (exact) mass is 458 g/mol. The van der Waals surface area contributed by atoms with E-state index in [1.807, 2.05) is 55.1 Å². The van der Waals surface area contributed by atoms with E-state index in [1.54, 1.807) is 19.1 Å². The topological polar surface area (TPSA) is 76.2 Å². The number of hydrogen-bond donors (Lipinski definition) is 0. The van der Waals surface area contributed by atoms with E-state index in [0.29, 0.717) is 24.5 Å². The highest BCUT2D eigenvalue weighted by Gasteiger charge is 2.49. The Balaban J connectivity index is 1.57. The summed E-state index contributed by atoms with van der Waals surface area (Å²) in [6.07, 6.45) is 0.681. The first-order chi connectivity index (χ1) is 15.2. The molecule has 2 fully saturated rings. The third-order valence-electron chi connectivity index (χ3n) is 6.61. The summed E-state index contributed by atoms with van der Waals surface area (Å²) in [5.74, 6) is 1.35. The summed E-state index contributed by atoms with van der Waals surface area (Å²) in [6, 6.07) is 11.1. The number of piperazine rings is 1. The number of amides is 1. The summed E-state index contributed by atoms with van der Waals surface area (Å²) < 4.78 is 35.8. The van der Waals surface area contributed by atoms with E-state index in [0.717, 1.165) is 22.4 Å². The predicted octanol–water partition coefficient (Wildman–Crippen LogP) is 2.38. The summed E-state index contributed by atoms with van der Waals surface area (Å²) in [4.78, 5) is 17.0. The van der Waals surface area contributed by atoms with Crippen molar-refractivity contribution < 1.29 is 22.7 Å². The van der Waals surface area contributed by atoms with Crippen molar-refractivity contribution in [2.75, 3.05) is 43.7 Å². The molecule has 32 heavy (non-hydrogen) atoms. The SMILES string of the molecule is COc1ccc(CCN2CC(=O)N(c3ccc(C)c(C)c3)[C@@H]3CS(=O)(=O)C[C@@H]32)cc1OC. The minimum Gasteiger partial charge on any atom is -0.493 e. The van der Waals surface area contributed by atoms with Gasteiger partial charge in [-0.05, 0) is 61.2 Å². The number of benzene rings is 2. The third kappa shape index (κ3) is 4.34. The number of ether oxygens (including phenoxy) is 2. The molecule has 1 amide bonds. The molecular formula is C24H30N2O5S. The summed E-state index contributed by atoms with van der Waals surface area (Å²) in [6.45, 7) is 4.83. The van der Waals surface area contributed by atoms with Crippen LogP contribution in [0.15, 0.2) is 36.4 Å². The maximum absolute atomic E-state index is 13.2. The highest BCUT2D eigenvalue weighted by Crippen LogP contribution is 2.33. The lowest BCUT2D eigenvalue weighted by atomic mass is 10.0. The third-order valence-corrected chi connectivity index (χ3v) is 8.30. The Labute approximate surface area is 189 Å². The van der Waals surface area contributed by atoms with Crippen LogP contribution in [0.5, 0.6) is 11.5 Å². The van der Waals surface area contributed by atoms with Crippen LogP contribution in [0.3, 0.4) is 0 Å². The molecule has 4 rings (SSSR count). The molecule has 2 aliphatic rings. The second kappa shape index (κ2) is 8.75. The molecule has 2 heterocycles. The second-order valence-corrected chi connectivity index (χ2v) is 10.8. The molecule has 2 aromatic rings. The van der Waals surface area contributed by atoms with Gasteiger partial charge in [0.2, 0.25) is 5.91 Å². The lowest BCUT2D eigenvalue weighted by Gasteiger charge is -2.43. The molecule has 0 spiro atoms. The Morgan fingerprint density at radius 2 is 1.66 bits per heavy atom. The van der Waals surface area contributed by atoms with Crippen LogP contribution in [0.25, 0.3) is 0 Å². The van der Waals surface area contributed by atoms with Gasteiger partial charge in [0.1, 0.15) is 0 Å². The van der Waals surface area contributed by atoms with Gasteiger partial charge >= 0.3 is 0 Å². The Hall–Kier alpha value is -2.58. The maximum atomic E-state index is 13.2. The Kier molecular flexibility index (Phi) is 6.18. The summed E-state index contributed by atoms with van der Waals surface area (Å²) in [5.41, 5.74) is 4.06. The molecule has 0 unspecified atom stereocenters. The number of nitrogens with zero attached hydrogens (tertiary/aromatic N) is 2. The van der Waals surface area contributed by atoms with Gasteiger partial charge in [-0.1, -0.05) is 12.1 Å². The lowest BCUT2D eigenvalue weighted by molar-refractivity contribution is -0.123. The van der Waals surface area contributed by atoms with E-state index in [9.17, 15) is 13.2 Å². The van der Waals surface area contributed by atoms with E-state index in [2.05, 4.69) is 0 Å². The minimum atomic E-state index is -3.22. The van der Waals surface area contributed by atoms with Gasteiger partial charge in [0, 0.05) is 18.3 Å². The van der Waals surface area contributed by atoms with Gasteiger partial charge < -0.3 is 14.4 Å². The van der Waals surface area contributed by atoms with Crippen molar-refractivity contribution in [2.45, 2.75) is 32.4 Å². The number of carbonyl (C=O) groups is 1. The van der Waals surface area contributed by atoms with Crippen molar-refractivity contribution >= 4 is 21.4 Å². The first-order valence-corrected chi connectivity index (χ1v) is 12.6. The molecule has 2 saturated heterocycles. The standard InChI is InChI=1S/C24H30N2O5S/c1-16-5-7-19(11-17(16)2)26-21-15-32(28,29)14-20(21)25(13-24(26)27)10-9-18-6-8-22(30-3)23(12-18)31-4/h5-8,11-12,20-21H,9-10,13-15H2,1-4H3/t20-,21+/m0/s1. The van der Waals surface area contributed by atoms with Gasteiger partial charge in [-0.2, -0.15) is 0 Å². The fraction of sp³-hybridized carbons (Fsp3) is 0.458. The molecule has 0 aromatic heterocycles. The van der Waals surface area contributed by atoms with Crippen LogP contribution < -0.4 is 14.4 Å². The van der Waals surface area contributed by atoms with Gasteiger partial charge in [-0.25, -0.2) is 8.42 Å². The summed E-state index contributed by atoms with van der Waals surface area (Å²) in [7, 11) is -0.0255. The van der Waals surface area contributed by atoms with Crippen LogP contribution in [0.4, 0.5) is 5.69 Å². The molecule has 2 aromatic carbocycles. The van der Waals surface area contributed by atoms with Crippen molar-refractivity contribution in [3.63, 3.8) is 0 Å². The number of rotatable bonds is 6. The van der Waals surface area contributed by atoms with Gasteiger partial charge in [0.05, 0.1) is 38.3 Å². The number of sulfone groups is 1. The van der Waals surface area contributed by atoms with Gasteiger partial charge in [-0.15, -0.1) is 0 Å². The molecule has 172 valence electrons. The minimum absolute atomic E-state index is 0.00316. The van der Waals surface area contributed by atoms with E-state index in [4.69, 9.17) is 9.47 Å². The molecule has 0 bridgehead atoms. The van der Waals surface area contributed by atoms with Gasteiger partial charge in [0.15, 0.2) is 21.3 Å². The average molecular weight is 459 g/mol. The van der Waals surface area contributed by atoms with E-state index >= 15 is 0 Å². The molecule has 0 saturated carbocycles. The molecule has 7 nitrogen and oxygen atoms in total. The highest BCUT2D eigenvalue weighted by molar-refractivity contribution is 7.91. The second-order valence-electron chi connectivity index (χ2n) is 8.65. The largest absolute Gasteiger partial charge is 0.493 e. The zero-order chi connectivity index (χ0) is 23.0. The number of carbonyl (C=O) groups excluding carboxylic acids is 1. The molecule has 8 heteroatoms. The van der Waals surface area contributed by atoms with Crippen molar-refractivity contribution in [3.05, 3.63) is 53.1 Å². The first-order valence-electron chi connectivity index (χ1n) is 10.8. The predicted molar refractivity (Wildman–Crippen MR) is 124 cm³/mol. The zero-order valence-corrected chi connectivity index (χ0v) is 19.8. The van der Waals surface area contributed by atoms with Crippen LogP contribution in [-0.2, 0) is 21.1 Å². The molecular weight excluding hydrogens is 428 g/mol. The fourth-order valence-electron chi connectivity index (χ4n) is 4.72. The van der Waals surface area contributed by atoms with E-state index < -0.39 is 9.84 Å². The van der Waals surface area contributed by atoms with Crippen molar-refractivity contribution in [1.82, 2.24) is 4.90 Å². The number of hydrogen-bond acceptors (Lipinski definition) is 6. The number of aryl methyl sites for hydroxylation is 2. The molecule has 2 aliphatic heterocycles. The van der Waals surface area contributed by atoms with Crippen molar-refractivity contribution in [2.24, 2.45) is 0 Å². The Morgan fingerprint density at radius 3 is 2.34 bits per heavy atom. The van der Waals surface area contributed by atoms with Crippen LogP contribution in [0.1, 0.15) is 16.7 Å². The quantitative estimate of drug-likeness (QED) is 0.662. The van der Waals surface area contributed by atoms with Gasteiger partial charge in [0.25, 0.3) is 0 Å².